The van der Waals surface area contributed by atoms with Gasteiger partial charge in [0.15, 0.2) is 5.78 Å². The average Bonchev–Trinajstić information content (AvgIpc) is 3.00. The fourth-order valence-electron chi connectivity index (χ4n) is 4.51. The van der Waals surface area contributed by atoms with E-state index in [2.05, 4.69) is 42.3 Å². The minimum Gasteiger partial charge on any atom is -0.381 e. The summed E-state index contributed by atoms with van der Waals surface area (Å²) in [5.41, 5.74) is 1.51. The molecule has 0 fully saturated rings. The molecule has 10 heteroatoms. The second kappa shape index (κ2) is 26.0. The second-order valence-corrected chi connectivity index (χ2v) is 12.1. The molecule has 0 aliphatic rings. The maximum atomic E-state index is 12.9. The number of carbonyl (C=O) groups excluding carboxylic acids is 4. The Bertz CT molecular complexity index is 903. The SMILES string of the molecule is C=C(C)C(=O)CCCCOCCCC(CCCOCCCNC(=O)C(=C)C)(CCCOCCCNC(=O)C(=C)C)NC(=O)C(=C)C. The van der Waals surface area contributed by atoms with Crippen LogP contribution in [0.3, 0.4) is 0 Å². The van der Waals surface area contributed by atoms with E-state index in [0.29, 0.717) is 107 Å². The first kappa shape index (κ1) is 42.9. The minimum absolute atomic E-state index is 0.0927. The van der Waals surface area contributed by atoms with Gasteiger partial charge in [-0.15, -0.1) is 0 Å². The van der Waals surface area contributed by atoms with Crippen LogP contribution in [0.5, 0.6) is 0 Å². The van der Waals surface area contributed by atoms with Crippen molar-refractivity contribution in [3.8, 4) is 0 Å². The lowest BCUT2D eigenvalue weighted by Crippen LogP contribution is -2.49. The Hall–Kier alpha value is -3.08. The molecule has 0 heterocycles. The quantitative estimate of drug-likeness (QED) is 0.0713. The third-order valence-electron chi connectivity index (χ3n) is 7.29. The van der Waals surface area contributed by atoms with Crippen molar-refractivity contribution in [2.45, 2.75) is 104 Å². The monoisotopic (exact) mass is 647 g/mol. The van der Waals surface area contributed by atoms with Crippen LogP contribution >= 0.6 is 0 Å². The molecule has 0 rings (SSSR count). The molecule has 46 heavy (non-hydrogen) atoms. The van der Waals surface area contributed by atoms with Crippen molar-refractivity contribution < 1.29 is 33.4 Å². The van der Waals surface area contributed by atoms with E-state index >= 15 is 0 Å². The van der Waals surface area contributed by atoms with Crippen molar-refractivity contribution in [2.75, 3.05) is 52.7 Å². The Morgan fingerprint density at radius 2 is 0.870 bits per heavy atom. The van der Waals surface area contributed by atoms with Gasteiger partial charge in [-0.05, 0) is 97.5 Å². The van der Waals surface area contributed by atoms with Gasteiger partial charge >= 0.3 is 0 Å². The van der Waals surface area contributed by atoms with Crippen LogP contribution in [-0.4, -0.2) is 81.8 Å². The third kappa shape index (κ3) is 22.4. The first-order chi connectivity index (χ1) is 21.8. The van der Waals surface area contributed by atoms with Gasteiger partial charge in [0, 0.05) is 81.4 Å². The fourth-order valence-corrected chi connectivity index (χ4v) is 4.51. The lowest BCUT2D eigenvalue weighted by molar-refractivity contribution is -0.120. The summed E-state index contributed by atoms with van der Waals surface area (Å²) in [6, 6.07) is 0. The van der Waals surface area contributed by atoms with Crippen LogP contribution in [0.4, 0.5) is 0 Å². The van der Waals surface area contributed by atoms with Gasteiger partial charge in [-0.2, -0.15) is 0 Å². The zero-order valence-corrected chi connectivity index (χ0v) is 29.1. The average molecular weight is 648 g/mol. The zero-order chi connectivity index (χ0) is 34.8. The molecule has 3 N–H and O–H groups in total. The standard InChI is InChI=1S/C36H61N3O7/c1-28(2)32(40)16-9-10-22-44-23-11-17-36(39-35(43)31(7)8,18-12-24-45-26-14-20-37-33(41)29(3)4)19-13-25-46-27-15-21-38-34(42)30(5)6/h1,3,5,7,9-27H2,2,4,6,8H3,(H,37,41)(H,38,42)(H,39,43). The first-order valence-electron chi connectivity index (χ1n) is 16.6. The molecule has 10 nitrogen and oxygen atoms in total. The van der Waals surface area contributed by atoms with Gasteiger partial charge in [-0.25, -0.2) is 0 Å². The van der Waals surface area contributed by atoms with Gasteiger partial charge in [-0.3, -0.25) is 19.2 Å². The number of ketones is 1. The van der Waals surface area contributed by atoms with Crippen LogP contribution in [0.2, 0.25) is 0 Å². The molecule has 0 aromatic rings. The largest absolute Gasteiger partial charge is 0.381 e. The molecule has 0 aromatic heterocycles. The van der Waals surface area contributed by atoms with Crippen molar-refractivity contribution in [1.82, 2.24) is 16.0 Å². The van der Waals surface area contributed by atoms with Crippen molar-refractivity contribution in [3.63, 3.8) is 0 Å². The van der Waals surface area contributed by atoms with Gasteiger partial charge in [0.25, 0.3) is 0 Å². The Morgan fingerprint density at radius 3 is 1.24 bits per heavy atom. The summed E-state index contributed by atoms with van der Waals surface area (Å²) < 4.78 is 17.5. The molecule has 0 aromatic carbocycles. The summed E-state index contributed by atoms with van der Waals surface area (Å²) in [5.74, 6) is -0.390. The molecule has 0 aliphatic heterocycles. The van der Waals surface area contributed by atoms with Crippen LogP contribution in [-0.2, 0) is 33.4 Å². The smallest absolute Gasteiger partial charge is 0.246 e. The van der Waals surface area contributed by atoms with Crippen LogP contribution in [0.15, 0.2) is 48.6 Å². The van der Waals surface area contributed by atoms with Gasteiger partial charge in [0.05, 0.1) is 0 Å². The molecule has 0 unspecified atom stereocenters. The predicted octanol–water partition coefficient (Wildman–Crippen LogP) is 5.29. The Balaban J connectivity index is 4.99. The molecule has 0 spiro atoms. The van der Waals surface area contributed by atoms with Crippen molar-refractivity contribution >= 4 is 23.5 Å². The van der Waals surface area contributed by atoms with Crippen molar-refractivity contribution in [1.29, 1.82) is 0 Å². The van der Waals surface area contributed by atoms with Crippen LogP contribution in [0, 0.1) is 0 Å². The van der Waals surface area contributed by atoms with E-state index in [1.165, 1.54) is 0 Å². The molecule has 3 amide bonds. The maximum absolute atomic E-state index is 12.9. The molecular formula is C36H61N3O7. The number of amides is 3. The number of allylic oxidation sites excluding steroid dienone is 1. The summed E-state index contributed by atoms with van der Waals surface area (Å²) in [4.78, 5) is 47.8. The normalized spacial score (nSPS) is 11.0. The van der Waals surface area contributed by atoms with Crippen LogP contribution in [0.25, 0.3) is 0 Å². The summed E-state index contributed by atoms with van der Waals surface area (Å²) >= 11 is 0. The Morgan fingerprint density at radius 1 is 0.500 bits per heavy atom. The highest BCUT2D eigenvalue weighted by molar-refractivity contribution is 5.94. The van der Waals surface area contributed by atoms with E-state index in [-0.39, 0.29) is 23.5 Å². The number of unbranched alkanes of at least 4 members (excludes halogenated alkanes) is 1. The predicted molar refractivity (Wildman–Crippen MR) is 184 cm³/mol. The molecule has 0 bridgehead atoms. The van der Waals surface area contributed by atoms with E-state index in [9.17, 15) is 19.2 Å². The third-order valence-corrected chi connectivity index (χ3v) is 7.29. The lowest BCUT2D eigenvalue weighted by Gasteiger charge is -2.36. The number of nitrogens with one attached hydrogen (secondary N) is 3. The molecule has 0 aliphatic carbocycles. The molecular weight excluding hydrogens is 586 g/mol. The lowest BCUT2D eigenvalue weighted by atomic mass is 9.83. The summed E-state index contributed by atoms with van der Waals surface area (Å²) in [6.45, 7) is 25.9. The summed E-state index contributed by atoms with van der Waals surface area (Å²) in [7, 11) is 0. The highest BCUT2D eigenvalue weighted by Gasteiger charge is 2.31. The van der Waals surface area contributed by atoms with Crippen molar-refractivity contribution in [3.05, 3.63) is 48.6 Å². The van der Waals surface area contributed by atoms with Crippen LogP contribution in [0.1, 0.15) is 98.3 Å². The number of hydrogen-bond acceptors (Lipinski definition) is 7. The molecule has 0 atom stereocenters. The number of rotatable bonds is 30. The summed E-state index contributed by atoms with van der Waals surface area (Å²) in [5, 5.41) is 8.87. The Kier molecular flexibility index (Phi) is 24.3. The zero-order valence-electron chi connectivity index (χ0n) is 29.1. The van der Waals surface area contributed by atoms with Crippen molar-refractivity contribution in [2.24, 2.45) is 0 Å². The second-order valence-electron chi connectivity index (χ2n) is 12.1. The van der Waals surface area contributed by atoms with Gasteiger partial charge < -0.3 is 30.2 Å². The van der Waals surface area contributed by atoms with E-state index in [4.69, 9.17) is 14.2 Å². The van der Waals surface area contributed by atoms with Gasteiger partial charge in [0.1, 0.15) is 0 Å². The Labute approximate surface area is 277 Å². The highest BCUT2D eigenvalue weighted by Crippen LogP contribution is 2.27. The number of carbonyl (C=O) groups is 4. The molecule has 0 saturated carbocycles. The van der Waals surface area contributed by atoms with E-state index in [0.717, 1.165) is 38.5 Å². The highest BCUT2D eigenvalue weighted by atomic mass is 16.5. The molecule has 0 radical (unpaired) electrons. The summed E-state index contributed by atoms with van der Waals surface area (Å²) in [6.07, 6.45) is 7.86. The van der Waals surface area contributed by atoms with E-state index in [1.807, 2.05) is 0 Å². The topological polar surface area (TPSA) is 132 Å². The first-order valence-corrected chi connectivity index (χ1v) is 16.6. The number of Topliss-reactive ketones (excluding diaryl/α,β-unsaturated/α-hetero) is 1. The van der Waals surface area contributed by atoms with Gasteiger partial charge in [0.2, 0.25) is 17.7 Å². The maximum Gasteiger partial charge on any atom is 0.246 e. The van der Waals surface area contributed by atoms with E-state index < -0.39 is 5.54 Å². The molecule has 262 valence electrons. The minimum atomic E-state index is -0.481. The molecule has 0 saturated heterocycles. The van der Waals surface area contributed by atoms with Gasteiger partial charge in [-0.1, -0.05) is 26.3 Å². The van der Waals surface area contributed by atoms with E-state index in [1.54, 1.807) is 27.7 Å². The number of hydrogen-bond donors (Lipinski definition) is 3. The number of ether oxygens (including phenoxy) is 3. The fraction of sp³-hybridized carbons (Fsp3) is 0.667. The van der Waals surface area contributed by atoms with Crippen LogP contribution < -0.4 is 16.0 Å².